The maximum atomic E-state index is 12.2. The number of carbonyl (C=O) groups is 2. The van der Waals surface area contributed by atoms with Gasteiger partial charge in [0.2, 0.25) is 0 Å². The first-order valence-corrected chi connectivity index (χ1v) is 9.22. The smallest absolute Gasteiger partial charge is 0.326 e. The molecule has 0 aromatic carbocycles. The summed E-state index contributed by atoms with van der Waals surface area (Å²) in [6, 6.07) is 0.878. The van der Waals surface area contributed by atoms with Gasteiger partial charge in [0.25, 0.3) is 5.91 Å². The van der Waals surface area contributed by atoms with E-state index in [0.29, 0.717) is 31.8 Å². The van der Waals surface area contributed by atoms with Gasteiger partial charge in [-0.05, 0) is 18.4 Å². The Kier molecular flexibility index (Phi) is 9.22. The fraction of sp³-hybridized carbons (Fsp3) is 0.667. The van der Waals surface area contributed by atoms with Crippen LogP contribution in [0.15, 0.2) is 11.8 Å². The number of carboxylic acid groups (broad SMARTS) is 1. The zero-order valence-electron chi connectivity index (χ0n) is 13.9. The molecule has 0 aromatic heterocycles. The molecule has 0 saturated carbocycles. The van der Waals surface area contributed by atoms with E-state index in [0.717, 1.165) is 19.6 Å². The van der Waals surface area contributed by atoms with Crippen LogP contribution in [0.4, 0.5) is 0 Å². The van der Waals surface area contributed by atoms with Gasteiger partial charge in [-0.3, -0.25) is 9.69 Å². The molecule has 1 heterocycles. The van der Waals surface area contributed by atoms with Crippen molar-refractivity contribution in [1.29, 1.82) is 5.26 Å². The molecule has 0 radical (unpaired) electrons. The summed E-state index contributed by atoms with van der Waals surface area (Å²) in [5.74, 6) is -1.12. The van der Waals surface area contributed by atoms with E-state index in [9.17, 15) is 14.9 Å². The highest BCUT2D eigenvalue weighted by molar-refractivity contribution is 7.98. The lowest BCUT2D eigenvalue weighted by Gasteiger charge is -2.33. The van der Waals surface area contributed by atoms with Gasteiger partial charge in [0.05, 0.1) is 0 Å². The monoisotopic (exact) mass is 355 g/mol. The Morgan fingerprint density at radius 3 is 2.58 bits per heavy atom. The van der Waals surface area contributed by atoms with E-state index in [1.165, 1.54) is 18.0 Å². The van der Waals surface area contributed by atoms with Crippen molar-refractivity contribution in [2.24, 2.45) is 5.73 Å². The van der Waals surface area contributed by atoms with E-state index in [2.05, 4.69) is 10.2 Å². The standard InChI is InChI=1S/C15H25N5O3S/c1-24-9-2-13(15(22)23)18-14(21)12(10-17)11-20-7-5-19(4-3-16)6-8-20/h11,13H,2-9,16H2,1H3,(H,18,21)(H,22,23)/b12-11-. The van der Waals surface area contributed by atoms with Crippen LogP contribution in [0.3, 0.4) is 0 Å². The van der Waals surface area contributed by atoms with E-state index in [4.69, 9.17) is 10.8 Å². The van der Waals surface area contributed by atoms with E-state index in [1.807, 2.05) is 17.2 Å². The molecule has 24 heavy (non-hydrogen) atoms. The summed E-state index contributed by atoms with van der Waals surface area (Å²) in [6.45, 7) is 4.48. The second-order valence-electron chi connectivity index (χ2n) is 5.47. The quantitative estimate of drug-likeness (QED) is 0.366. The van der Waals surface area contributed by atoms with Gasteiger partial charge in [-0.25, -0.2) is 4.79 Å². The number of aliphatic carboxylic acids is 1. The van der Waals surface area contributed by atoms with Crippen LogP contribution >= 0.6 is 11.8 Å². The van der Waals surface area contributed by atoms with Gasteiger partial charge in [0, 0.05) is 45.5 Å². The van der Waals surface area contributed by atoms with Gasteiger partial charge in [0.15, 0.2) is 0 Å². The molecule has 0 aromatic rings. The summed E-state index contributed by atoms with van der Waals surface area (Å²) in [6.07, 6.45) is 3.70. The predicted molar refractivity (Wildman–Crippen MR) is 93.3 cm³/mol. The number of nitrogens with one attached hydrogen (secondary N) is 1. The van der Waals surface area contributed by atoms with Crippen LogP contribution in [0.2, 0.25) is 0 Å². The zero-order chi connectivity index (χ0) is 17.9. The highest BCUT2D eigenvalue weighted by atomic mass is 32.2. The molecule has 1 atom stereocenters. The van der Waals surface area contributed by atoms with Crippen molar-refractivity contribution in [1.82, 2.24) is 15.1 Å². The minimum Gasteiger partial charge on any atom is -0.480 e. The van der Waals surface area contributed by atoms with Crippen LogP contribution < -0.4 is 11.1 Å². The normalized spacial score (nSPS) is 17.2. The van der Waals surface area contributed by atoms with Crippen molar-refractivity contribution < 1.29 is 14.7 Å². The maximum absolute atomic E-state index is 12.2. The number of piperazine rings is 1. The Morgan fingerprint density at radius 2 is 2.08 bits per heavy atom. The number of carbonyl (C=O) groups excluding carboxylic acids is 1. The molecule has 1 aliphatic rings. The molecule has 1 saturated heterocycles. The van der Waals surface area contributed by atoms with Gasteiger partial charge < -0.3 is 21.1 Å². The van der Waals surface area contributed by atoms with Crippen LogP contribution in [0.25, 0.3) is 0 Å². The third kappa shape index (κ3) is 6.78. The van der Waals surface area contributed by atoms with Crippen LogP contribution in [0.1, 0.15) is 6.42 Å². The second-order valence-corrected chi connectivity index (χ2v) is 6.45. The Labute approximate surface area is 146 Å². The molecule has 1 amide bonds. The van der Waals surface area contributed by atoms with E-state index >= 15 is 0 Å². The summed E-state index contributed by atoms with van der Waals surface area (Å²) in [7, 11) is 0. The SMILES string of the molecule is CSCCC(NC(=O)/C(C#N)=C\N1CCN(CCN)CC1)C(=O)O. The maximum Gasteiger partial charge on any atom is 0.326 e. The molecule has 1 rings (SSSR count). The predicted octanol–water partition coefficient (Wildman–Crippen LogP) is -0.707. The molecule has 0 aliphatic carbocycles. The molecule has 0 bridgehead atoms. The van der Waals surface area contributed by atoms with Crippen molar-refractivity contribution in [2.75, 3.05) is 51.3 Å². The van der Waals surface area contributed by atoms with Crippen LogP contribution in [0.5, 0.6) is 0 Å². The van der Waals surface area contributed by atoms with Gasteiger partial charge in [-0.1, -0.05) is 0 Å². The third-order valence-electron chi connectivity index (χ3n) is 3.74. The van der Waals surface area contributed by atoms with Crippen molar-refractivity contribution in [3.63, 3.8) is 0 Å². The average molecular weight is 355 g/mol. The lowest BCUT2D eigenvalue weighted by molar-refractivity contribution is -0.141. The van der Waals surface area contributed by atoms with Crippen LogP contribution in [-0.4, -0.2) is 84.1 Å². The number of nitrogens with two attached hydrogens (primary N) is 1. The third-order valence-corrected chi connectivity index (χ3v) is 4.39. The zero-order valence-corrected chi connectivity index (χ0v) is 14.7. The van der Waals surface area contributed by atoms with E-state index in [1.54, 1.807) is 0 Å². The Balaban J connectivity index is 2.62. The lowest BCUT2D eigenvalue weighted by atomic mass is 10.2. The number of nitrogens with zero attached hydrogens (tertiary/aromatic N) is 3. The van der Waals surface area contributed by atoms with Crippen molar-refractivity contribution in [3.05, 3.63) is 11.8 Å². The summed E-state index contributed by atoms with van der Waals surface area (Å²) >= 11 is 1.51. The van der Waals surface area contributed by atoms with Crippen molar-refractivity contribution in [2.45, 2.75) is 12.5 Å². The highest BCUT2D eigenvalue weighted by Crippen LogP contribution is 2.06. The second kappa shape index (κ2) is 10.9. The Hall–Kier alpha value is -1.76. The first-order valence-electron chi connectivity index (χ1n) is 7.82. The molecule has 1 unspecified atom stereocenters. The largest absolute Gasteiger partial charge is 0.480 e. The molecule has 1 aliphatic heterocycles. The molecule has 1 fully saturated rings. The number of nitriles is 1. The van der Waals surface area contributed by atoms with Gasteiger partial charge in [-0.2, -0.15) is 17.0 Å². The molecule has 0 spiro atoms. The number of thioether (sulfide) groups is 1. The number of carboxylic acids is 1. The minimum absolute atomic E-state index is 0.0716. The average Bonchev–Trinajstić information content (AvgIpc) is 2.57. The molecule has 8 nitrogen and oxygen atoms in total. The summed E-state index contributed by atoms with van der Waals surface area (Å²) in [4.78, 5) is 27.5. The summed E-state index contributed by atoms with van der Waals surface area (Å²) in [5, 5.41) is 20.8. The fourth-order valence-electron chi connectivity index (χ4n) is 2.35. The summed E-state index contributed by atoms with van der Waals surface area (Å²) in [5.41, 5.74) is 5.46. The number of hydrogen-bond donors (Lipinski definition) is 3. The van der Waals surface area contributed by atoms with Gasteiger partial charge in [-0.15, -0.1) is 0 Å². The topological polar surface area (TPSA) is 123 Å². The Morgan fingerprint density at radius 1 is 1.42 bits per heavy atom. The molecule has 4 N–H and O–H groups in total. The van der Waals surface area contributed by atoms with E-state index in [-0.39, 0.29) is 5.57 Å². The van der Waals surface area contributed by atoms with Crippen LogP contribution in [0, 0.1) is 11.3 Å². The van der Waals surface area contributed by atoms with Crippen LogP contribution in [-0.2, 0) is 9.59 Å². The first-order chi connectivity index (χ1) is 11.5. The summed E-state index contributed by atoms with van der Waals surface area (Å²) < 4.78 is 0. The molecule has 9 heteroatoms. The number of hydrogen-bond acceptors (Lipinski definition) is 7. The highest BCUT2D eigenvalue weighted by Gasteiger charge is 2.22. The van der Waals surface area contributed by atoms with Gasteiger partial charge >= 0.3 is 5.97 Å². The number of rotatable bonds is 9. The van der Waals surface area contributed by atoms with Crippen molar-refractivity contribution in [3.8, 4) is 6.07 Å². The van der Waals surface area contributed by atoms with Crippen molar-refractivity contribution >= 4 is 23.6 Å². The number of amides is 1. The lowest BCUT2D eigenvalue weighted by Crippen LogP contribution is -2.46. The molecule has 134 valence electrons. The minimum atomic E-state index is -1.09. The van der Waals surface area contributed by atoms with E-state index < -0.39 is 17.9 Å². The Bertz CT molecular complexity index is 498. The van der Waals surface area contributed by atoms with Gasteiger partial charge in [0.1, 0.15) is 17.7 Å². The molecular formula is C15H25N5O3S. The fourth-order valence-corrected chi connectivity index (χ4v) is 2.82. The first kappa shape index (κ1) is 20.3. The molecular weight excluding hydrogens is 330 g/mol.